The Morgan fingerprint density at radius 2 is 2.11 bits per heavy atom. The lowest BCUT2D eigenvalue weighted by molar-refractivity contribution is 0.0646. The van der Waals surface area contributed by atoms with Gasteiger partial charge in [-0.05, 0) is 12.1 Å². The van der Waals surface area contributed by atoms with Crippen molar-refractivity contribution in [2.45, 2.75) is 6.43 Å². The fourth-order valence-electron chi connectivity index (χ4n) is 1.57. The summed E-state index contributed by atoms with van der Waals surface area (Å²) >= 11 is 0. The molecular formula is C12H9F2NO4. The Morgan fingerprint density at radius 1 is 1.42 bits per heavy atom. The molecule has 0 bridgehead atoms. The van der Waals surface area contributed by atoms with Crippen LogP contribution in [0.4, 0.5) is 8.78 Å². The van der Waals surface area contributed by atoms with Gasteiger partial charge in [-0.3, -0.25) is 0 Å². The predicted octanol–water partition coefficient (Wildman–Crippen LogP) is 2.99. The maximum absolute atomic E-state index is 12.7. The Labute approximate surface area is 106 Å². The van der Waals surface area contributed by atoms with E-state index in [0.717, 1.165) is 0 Å². The van der Waals surface area contributed by atoms with Gasteiger partial charge in [-0.2, -0.15) is 0 Å². The number of carbonyl (C=O) groups is 1. The number of carboxylic acids is 1. The van der Waals surface area contributed by atoms with E-state index in [9.17, 15) is 13.6 Å². The van der Waals surface area contributed by atoms with Gasteiger partial charge in [0.1, 0.15) is 5.75 Å². The minimum atomic E-state index is -3.03. The van der Waals surface area contributed by atoms with E-state index in [0.29, 0.717) is 11.3 Å². The van der Waals surface area contributed by atoms with Gasteiger partial charge in [0.15, 0.2) is 5.69 Å². The number of carboxylic acid groups (broad SMARTS) is 1. The number of para-hydroxylation sites is 1. The van der Waals surface area contributed by atoms with Gasteiger partial charge in [0.2, 0.25) is 11.7 Å². The molecule has 7 heteroatoms. The number of benzene rings is 1. The number of halogens is 2. The van der Waals surface area contributed by atoms with Gasteiger partial charge in [-0.15, -0.1) is 0 Å². The SMILES string of the molecule is COc1ccccc1-c1nc(C(F)F)c(C(=O)O)o1. The van der Waals surface area contributed by atoms with Crippen molar-refractivity contribution in [3.63, 3.8) is 0 Å². The van der Waals surface area contributed by atoms with Gasteiger partial charge in [0.05, 0.1) is 12.7 Å². The third-order valence-corrected chi connectivity index (χ3v) is 2.39. The third-order valence-electron chi connectivity index (χ3n) is 2.39. The second kappa shape index (κ2) is 5.05. The van der Waals surface area contributed by atoms with Crippen LogP contribution in [0.15, 0.2) is 28.7 Å². The minimum Gasteiger partial charge on any atom is -0.496 e. The maximum Gasteiger partial charge on any atom is 0.374 e. The first-order valence-corrected chi connectivity index (χ1v) is 5.20. The fourth-order valence-corrected chi connectivity index (χ4v) is 1.57. The molecule has 0 aliphatic rings. The molecule has 0 aliphatic heterocycles. The summed E-state index contributed by atoms with van der Waals surface area (Å²) in [5.41, 5.74) is -0.590. The summed E-state index contributed by atoms with van der Waals surface area (Å²) in [4.78, 5) is 14.4. The van der Waals surface area contributed by atoms with E-state index in [1.165, 1.54) is 13.2 Å². The molecular weight excluding hydrogens is 260 g/mol. The molecule has 5 nitrogen and oxygen atoms in total. The zero-order valence-electron chi connectivity index (χ0n) is 9.76. The van der Waals surface area contributed by atoms with Crippen LogP contribution in [0, 0.1) is 0 Å². The van der Waals surface area contributed by atoms with Gasteiger partial charge in [0, 0.05) is 0 Å². The van der Waals surface area contributed by atoms with Gasteiger partial charge >= 0.3 is 5.97 Å². The topological polar surface area (TPSA) is 72.6 Å². The molecule has 0 spiro atoms. The molecule has 0 atom stereocenters. The molecule has 1 heterocycles. The largest absolute Gasteiger partial charge is 0.496 e. The van der Waals surface area contributed by atoms with Gasteiger partial charge in [-0.25, -0.2) is 18.6 Å². The summed E-state index contributed by atoms with van der Waals surface area (Å²) < 4.78 is 35.3. The van der Waals surface area contributed by atoms with E-state index in [1.54, 1.807) is 18.2 Å². The van der Waals surface area contributed by atoms with Crippen LogP contribution < -0.4 is 4.74 Å². The standard InChI is InChI=1S/C12H9F2NO4/c1-18-7-5-3-2-4-6(7)11-15-8(10(13)14)9(19-11)12(16)17/h2-5,10H,1H3,(H,16,17). The van der Waals surface area contributed by atoms with Gasteiger partial charge in [-0.1, -0.05) is 12.1 Å². The molecule has 0 saturated heterocycles. The van der Waals surface area contributed by atoms with Gasteiger partial charge < -0.3 is 14.3 Å². The van der Waals surface area contributed by atoms with Crippen molar-refractivity contribution in [3.05, 3.63) is 35.7 Å². The number of alkyl halides is 2. The second-order valence-electron chi connectivity index (χ2n) is 3.54. The van der Waals surface area contributed by atoms with Crippen molar-refractivity contribution >= 4 is 5.97 Å². The lowest BCUT2D eigenvalue weighted by atomic mass is 10.2. The molecule has 0 radical (unpaired) electrons. The fraction of sp³-hybridized carbons (Fsp3) is 0.167. The highest BCUT2D eigenvalue weighted by molar-refractivity contribution is 5.86. The first-order chi connectivity index (χ1) is 9.04. The average molecular weight is 269 g/mol. The van der Waals surface area contributed by atoms with Crippen LogP contribution in [0.2, 0.25) is 0 Å². The molecule has 2 aromatic rings. The van der Waals surface area contributed by atoms with Crippen molar-refractivity contribution in [1.29, 1.82) is 0 Å². The van der Waals surface area contributed by atoms with Crippen molar-refractivity contribution in [2.24, 2.45) is 0 Å². The summed E-state index contributed by atoms with van der Waals surface area (Å²) in [5.74, 6) is -2.33. The average Bonchev–Trinajstić information content (AvgIpc) is 2.84. The molecule has 100 valence electrons. The lowest BCUT2D eigenvalue weighted by Gasteiger charge is -2.03. The number of ether oxygens (including phenoxy) is 1. The molecule has 1 aromatic heterocycles. The van der Waals surface area contributed by atoms with Crippen LogP contribution in [-0.2, 0) is 0 Å². The number of methoxy groups -OCH3 is 1. The van der Waals surface area contributed by atoms with E-state index in [2.05, 4.69) is 4.98 Å². The van der Waals surface area contributed by atoms with Crippen molar-refractivity contribution < 1.29 is 27.8 Å². The van der Waals surface area contributed by atoms with Crippen LogP contribution in [0.5, 0.6) is 5.75 Å². The Morgan fingerprint density at radius 3 is 2.63 bits per heavy atom. The maximum atomic E-state index is 12.7. The molecule has 0 unspecified atom stereocenters. The summed E-state index contributed by atoms with van der Waals surface area (Å²) in [7, 11) is 1.40. The highest BCUT2D eigenvalue weighted by Gasteiger charge is 2.27. The highest BCUT2D eigenvalue weighted by atomic mass is 19.3. The summed E-state index contributed by atoms with van der Waals surface area (Å²) in [6.45, 7) is 0. The van der Waals surface area contributed by atoms with E-state index in [-0.39, 0.29) is 5.89 Å². The number of hydrogen-bond acceptors (Lipinski definition) is 4. The molecule has 0 fully saturated rings. The second-order valence-corrected chi connectivity index (χ2v) is 3.54. The van der Waals surface area contributed by atoms with E-state index >= 15 is 0 Å². The molecule has 19 heavy (non-hydrogen) atoms. The van der Waals surface area contributed by atoms with Crippen LogP contribution in [0.25, 0.3) is 11.5 Å². The quantitative estimate of drug-likeness (QED) is 0.923. The van der Waals surface area contributed by atoms with E-state index < -0.39 is 23.8 Å². The molecule has 1 aromatic carbocycles. The molecule has 0 amide bonds. The van der Waals surface area contributed by atoms with Crippen molar-refractivity contribution in [1.82, 2.24) is 4.98 Å². The molecule has 0 saturated carbocycles. The van der Waals surface area contributed by atoms with E-state index in [1.807, 2.05) is 0 Å². The highest BCUT2D eigenvalue weighted by Crippen LogP contribution is 2.33. The third kappa shape index (κ3) is 2.40. The van der Waals surface area contributed by atoms with Crippen LogP contribution in [0.1, 0.15) is 22.7 Å². The number of oxazole rings is 1. The lowest BCUT2D eigenvalue weighted by Crippen LogP contribution is -1.99. The Balaban J connectivity index is 2.57. The number of nitrogens with zero attached hydrogens (tertiary/aromatic N) is 1. The van der Waals surface area contributed by atoms with Crippen LogP contribution in [0.3, 0.4) is 0 Å². The zero-order valence-corrected chi connectivity index (χ0v) is 9.76. The minimum absolute atomic E-state index is 0.217. The Hall–Kier alpha value is -2.44. The normalized spacial score (nSPS) is 10.7. The number of aromatic carboxylic acids is 1. The number of aromatic nitrogens is 1. The zero-order chi connectivity index (χ0) is 14.0. The van der Waals surface area contributed by atoms with Crippen molar-refractivity contribution in [3.8, 4) is 17.2 Å². The molecule has 0 aliphatic carbocycles. The monoisotopic (exact) mass is 269 g/mol. The Kier molecular flexibility index (Phi) is 3.46. The van der Waals surface area contributed by atoms with Gasteiger partial charge in [0.25, 0.3) is 6.43 Å². The number of hydrogen-bond donors (Lipinski definition) is 1. The number of rotatable bonds is 4. The molecule has 2 rings (SSSR count). The molecule has 1 N–H and O–H groups in total. The summed E-state index contributed by atoms with van der Waals surface area (Å²) in [5, 5.41) is 8.80. The first kappa shape index (κ1) is 13.0. The van der Waals surface area contributed by atoms with Crippen LogP contribution in [-0.4, -0.2) is 23.2 Å². The Bertz CT molecular complexity index is 610. The van der Waals surface area contributed by atoms with Crippen LogP contribution >= 0.6 is 0 Å². The summed E-state index contributed by atoms with van der Waals surface area (Å²) in [6, 6.07) is 6.43. The first-order valence-electron chi connectivity index (χ1n) is 5.20. The predicted molar refractivity (Wildman–Crippen MR) is 60.4 cm³/mol. The van der Waals surface area contributed by atoms with E-state index in [4.69, 9.17) is 14.3 Å². The summed E-state index contributed by atoms with van der Waals surface area (Å²) in [6.07, 6.45) is -3.03. The smallest absolute Gasteiger partial charge is 0.374 e. The van der Waals surface area contributed by atoms with Crippen molar-refractivity contribution in [2.75, 3.05) is 7.11 Å².